The summed E-state index contributed by atoms with van der Waals surface area (Å²) in [6.07, 6.45) is 0.335. The highest BCUT2D eigenvalue weighted by molar-refractivity contribution is 6.30. The predicted molar refractivity (Wildman–Crippen MR) is 91.9 cm³/mol. The number of nitrogens with zero attached hydrogens (tertiary/aromatic N) is 1. The second-order valence-electron chi connectivity index (χ2n) is 5.32. The van der Waals surface area contributed by atoms with Crippen LogP contribution in [0.3, 0.4) is 0 Å². The molecule has 0 spiro atoms. The maximum Gasteiger partial charge on any atom is 0.306 e. The maximum absolute atomic E-state index is 12.0. The largest absolute Gasteiger partial charge is 0.461 e. The molecule has 0 radical (unpaired) electrons. The third-order valence-electron chi connectivity index (χ3n) is 3.55. The fraction of sp³-hybridized carbons (Fsp3) is 0.167. The van der Waals surface area contributed by atoms with Gasteiger partial charge in [0.2, 0.25) is 0 Å². The molecule has 2 aromatic carbocycles. The summed E-state index contributed by atoms with van der Waals surface area (Å²) in [7, 11) is 0. The number of fused-ring (bicyclic) bond motifs is 1. The van der Waals surface area contributed by atoms with E-state index in [-0.39, 0.29) is 31.0 Å². The first-order valence-electron chi connectivity index (χ1n) is 7.50. The molecule has 5 nitrogen and oxygen atoms in total. The molecule has 122 valence electrons. The number of halogens is 1. The fourth-order valence-electron chi connectivity index (χ4n) is 2.27. The molecule has 6 heteroatoms. The molecule has 0 saturated carbocycles. The number of nitrogens with one attached hydrogen (secondary N) is 1. The van der Waals surface area contributed by atoms with Crippen molar-refractivity contribution in [3.63, 3.8) is 0 Å². The first kappa shape index (κ1) is 16.2. The monoisotopic (exact) mass is 342 g/mol. The summed E-state index contributed by atoms with van der Waals surface area (Å²) in [6, 6.07) is 14.3. The zero-order valence-corrected chi connectivity index (χ0v) is 13.5. The number of aromatic amines is 1. The molecule has 0 unspecified atom stereocenters. The fourth-order valence-corrected chi connectivity index (χ4v) is 2.40. The molecule has 0 atom stereocenters. The van der Waals surface area contributed by atoms with E-state index in [0.717, 1.165) is 5.56 Å². The average Bonchev–Trinajstić information content (AvgIpc) is 2.59. The van der Waals surface area contributed by atoms with E-state index in [1.807, 2.05) is 18.2 Å². The van der Waals surface area contributed by atoms with Crippen LogP contribution in [0.4, 0.5) is 0 Å². The minimum absolute atomic E-state index is 0.0992. The molecule has 3 rings (SSSR count). The number of ether oxygens (including phenoxy) is 1. The second kappa shape index (κ2) is 7.27. The first-order valence-corrected chi connectivity index (χ1v) is 7.87. The van der Waals surface area contributed by atoms with Gasteiger partial charge < -0.3 is 9.72 Å². The Morgan fingerprint density at radius 3 is 2.67 bits per heavy atom. The molecule has 0 amide bonds. The van der Waals surface area contributed by atoms with Gasteiger partial charge in [-0.3, -0.25) is 9.59 Å². The zero-order chi connectivity index (χ0) is 16.9. The molecule has 0 fully saturated rings. The molecular weight excluding hydrogens is 328 g/mol. The second-order valence-corrected chi connectivity index (χ2v) is 5.75. The van der Waals surface area contributed by atoms with Crippen LogP contribution in [0.25, 0.3) is 11.0 Å². The lowest BCUT2D eigenvalue weighted by atomic mass is 10.2. The van der Waals surface area contributed by atoms with Gasteiger partial charge in [-0.2, -0.15) is 0 Å². The van der Waals surface area contributed by atoms with E-state index in [4.69, 9.17) is 16.3 Å². The van der Waals surface area contributed by atoms with Crippen LogP contribution in [0.2, 0.25) is 5.02 Å². The normalized spacial score (nSPS) is 10.7. The molecule has 0 saturated heterocycles. The molecular formula is C18H15ClN2O3. The maximum atomic E-state index is 12.0. The summed E-state index contributed by atoms with van der Waals surface area (Å²) < 4.78 is 5.19. The Balaban J connectivity index is 1.59. The highest BCUT2D eigenvalue weighted by atomic mass is 35.5. The third kappa shape index (κ3) is 4.00. The zero-order valence-electron chi connectivity index (χ0n) is 12.8. The highest BCUT2D eigenvalue weighted by Crippen LogP contribution is 2.11. The van der Waals surface area contributed by atoms with E-state index in [1.54, 1.807) is 30.3 Å². The average molecular weight is 343 g/mol. The number of hydrogen-bond acceptors (Lipinski definition) is 4. The summed E-state index contributed by atoms with van der Waals surface area (Å²) in [6.45, 7) is 0.178. The Bertz CT molecular complexity index is 919. The van der Waals surface area contributed by atoms with Crippen molar-refractivity contribution in [1.29, 1.82) is 0 Å². The van der Waals surface area contributed by atoms with Crippen LogP contribution in [0.1, 0.15) is 17.7 Å². The van der Waals surface area contributed by atoms with E-state index < -0.39 is 0 Å². The molecule has 1 aromatic heterocycles. The van der Waals surface area contributed by atoms with E-state index in [9.17, 15) is 9.59 Å². The van der Waals surface area contributed by atoms with Crippen LogP contribution in [0, 0.1) is 0 Å². The molecule has 1 N–H and O–H groups in total. The van der Waals surface area contributed by atoms with Crippen LogP contribution in [-0.2, 0) is 22.6 Å². The van der Waals surface area contributed by atoms with E-state index in [2.05, 4.69) is 9.97 Å². The molecule has 1 heterocycles. The Hall–Kier alpha value is -2.66. The summed E-state index contributed by atoms with van der Waals surface area (Å²) in [5.41, 5.74) is 2.28. The van der Waals surface area contributed by atoms with Gasteiger partial charge in [0.05, 0.1) is 17.5 Å². The SMILES string of the molecule is O=C(CCc1nc2ccccc2[nH]c1=O)OCc1ccc(Cl)cc1. The minimum Gasteiger partial charge on any atom is -0.461 e. The molecule has 0 aliphatic heterocycles. The van der Waals surface area contributed by atoms with Gasteiger partial charge in [0.25, 0.3) is 5.56 Å². The van der Waals surface area contributed by atoms with Crippen molar-refractivity contribution < 1.29 is 9.53 Å². The topological polar surface area (TPSA) is 72.0 Å². The molecule has 0 aliphatic rings. The van der Waals surface area contributed by atoms with Crippen LogP contribution in [-0.4, -0.2) is 15.9 Å². The van der Waals surface area contributed by atoms with Crippen molar-refractivity contribution in [2.75, 3.05) is 0 Å². The Kier molecular flexibility index (Phi) is 4.91. The van der Waals surface area contributed by atoms with Gasteiger partial charge >= 0.3 is 5.97 Å². The number of benzene rings is 2. The third-order valence-corrected chi connectivity index (χ3v) is 3.80. The quantitative estimate of drug-likeness (QED) is 0.722. The summed E-state index contributed by atoms with van der Waals surface area (Å²) in [5.74, 6) is -0.376. The first-order chi connectivity index (χ1) is 11.6. The Morgan fingerprint density at radius 1 is 1.12 bits per heavy atom. The van der Waals surface area contributed by atoms with Gasteiger partial charge in [-0.15, -0.1) is 0 Å². The lowest BCUT2D eigenvalue weighted by Crippen LogP contribution is -2.17. The molecule has 24 heavy (non-hydrogen) atoms. The van der Waals surface area contributed by atoms with Crippen molar-refractivity contribution in [3.05, 3.63) is 75.2 Å². The summed E-state index contributed by atoms with van der Waals surface area (Å²) in [5, 5.41) is 0.631. The number of esters is 1. The lowest BCUT2D eigenvalue weighted by Gasteiger charge is -2.05. The number of para-hydroxylation sites is 2. The van der Waals surface area contributed by atoms with Gasteiger partial charge in [0.15, 0.2) is 0 Å². The van der Waals surface area contributed by atoms with E-state index >= 15 is 0 Å². The predicted octanol–water partition coefficient (Wildman–Crippen LogP) is 3.25. The van der Waals surface area contributed by atoms with Crippen molar-refractivity contribution >= 4 is 28.6 Å². The number of rotatable bonds is 5. The number of aromatic nitrogens is 2. The molecule has 0 bridgehead atoms. The lowest BCUT2D eigenvalue weighted by molar-refractivity contribution is -0.144. The van der Waals surface area contributed by atoms with Crippen LogP contribution in [0.15, 0.2) is 53.3 Å². The van der Waals surface area contributed by atoms with Crippen molar-refractivity contribution in [1.82, 2.24) is 9.97 Å². The number of carbonyl (C=O) groups excluding carboxylic acids is 1. The van der Waals surface area contributed by atoms with Crippen LogP contribution < -0.4 is 5.56 Å². The Morgan fingerprint density at radius 2 is 1.88 bits per heavy atom. The van der Waals surface area contributed by atoms with Gasteiger partial charge in [-0.25, -0.2) is 4.98 Å². The summed E-state index contributed by atoms with van der Waals surface area (Å²) in [4.78, 5) is 30.9. The molecule has 0 aliphatic carbocycles. The molecule has 3 aromatic rings. The van der Waals surface area contributed by atoms with Crippen LogP contribution >= 0.6 is 11.6 Å². The van der Waals surface area contributed by atoms with Gasteiger partial charge in [-0.05, 0) is 29.8 Å². The van der Waals surface area contributed by atoms with Crippen molar-refractivity contribution in [2.45, 2.75) is 19.4 Å². The van der Waals surface area contributed by atoms with E-state index in [0.29, 0.717) is 21.7 Å². The number of hydrogen-bond donors (Lipinski definition) is 1. The van der Waals surface area contributed by atoms with Gasteiger partial charge in [-0.1, -0.05) is 35.9 Å². The standard InChI is InChI=1S/C18H15ClN2O3/c19-13-7-5-12(6-8-13)11-24-17(22)10-9-16-18(23)21-15-4-2-1-3-14(15)20-16/h1-8H,9-11H2,(H,21,23). The summed E-state index contributed by atoms with van der Waals surface area (Å²) >= 11 is 5.80. The van der Waals surface area contributed by atoms with Gasteiger partial charge in [0.1, 0.15) is 12.3 Å². The van der Waals surface area contributed by atoms with E-state index in [1.165, 1.54) is 0 Å². The van der Waals surface area contributed by atoms with Crippen molar-refractivity contribution in [3.8, 4) is 0 Å². The number of aryl methyl sites for hydroxylation is 1. The number of carbonyl (C=O) groups is 1. The minimum atomic E-state index is -0.376. The Labute approximate surface area is 143 Å². The van der Waals surface area contributed by atoms with Crippen molar-refractivity contribution in [2.24, 2.45) is 0 Å². The smallest absolute Gasteiger partial charge is 0.306 e. The highest BCUT2D eigenvalue weighted by Gasteiger charge is 2.09. The van der Waals surface area contributed by atoms with Gasteiger partial charge in [0, 0.05) is 11.4 Å². The van der Waals surface area contributed by atoms with Crippen LogP contribution in [0.5, 0.6) is 0 Å². The number of H-pyrrole nitrogens is 1.